The Morgan fingerprint density at radius 2 is 2.40 bits per heavy atom. The van der Waals surface area contributed by atoms with Gasteiger partial charge in [-0.15, -0.1) is 11.6 Å². The van der Waals surface area contributed by atoms with E-state index in [1.807, 2.05) is 18.4 Å². The molecule has 0 fully saturated rings. The van der Waals surface area contributed by atoms with Crippen molar-refractivity contribution in [1.82, 2.24) is 14.9 Å². The molecule has 1 N–H and O–H groups in total. The molecule has 1 rings (SSSR count). The number of alkyl halides is 1. The number of hydrogen-bond acceptors (Lipinski definition) is 2. The maximum absolute atomic E-state index is 11.4. The fourth-order valence-corrected chi connectivity index (χ4v) is 1.50. The van der Waals surface area contributed by atoms with Gasteiger partial charge < -0.3 is 9.88 Å². The lowest BCUT2D eigenvalue weighted by atomic mass is 10.3. The van der Waals surface area contributed by atoms with E-state index < -0.39 is 0 Å². The Kier molecular flexibility index (Phi) is 4.62. The molecule has 1 amide bonds. The van der Waals surface area contributed by atoms with Gasteiger partial charge in [-0.25, -0.2) is 4.98 Å². The Balaban J connectivity index is 2.40. The number of amides is 1. The maximum atomic E-state index is 11.4. The third kappa shape index (κ3) is 3.91. The summed E-state index contributed by atoms with van der Waals surface area (Å²) in [6.45, 7) is 4.51. The smallest absolute Gasteiger partial charge is 0.221 e. The van der Waals surface area contributed by atoms with Gasteiger partial charge >= 0.3 is 0 Å². The summed E-state index contributed by atoms with van der Waals surface area (Å²) in [6.07, 6.45) is 3.87. The van der Waals surface area contributed by atoms with E-state index in [-0.39, 0.29) is 11.9 Å². The molecular weight excluding hydrogens is 214 g/mol. The summed E-state index contributed by atoms with van der Waals surface area (Å²) >= 11 is 5.71. The zero-order valence-corrected chi connectivity index (χ0v) is 9.79. The number of hydrogen-bond donors (Lipinski definition) is 1. The van der Waals surface area contributed by atoms with Gasteiger partial charge in [-0.1, -0.05) is 0 Å². The third-order valence-electron chi connectivity index (χ3n) is 1.96. The summed E-state index contributed by atoms with van der Waals surface area (Å²) in [5.74, 6) is 0.477. The van der Waals surface area contributed by atoms with Gasteiger partial charge in [0.05, 0.1) is 17.9 Å². The molecule has 1 heterocycles. The van der Waals surface area contributed by atoms with E-state index in [0.29, 0.717) is 18.8 Å². The molecule has 0 radical (unpaired) electrons. The van der Waals surface area contributed by atoms with E-state index in [1.54, 1.807) is 12.5 Å². The first-order valence-corrected chi connectivity index (χ1v) is 5.51. The van der Waals surface area contributed by atoms with E-state index in [0.717, 1.165) is 5.69 Å². The summed E-state index contributed by atoms with van der Waals surface area (Å²) in [4.78, 5) is 15.3. The van der Waals surface area contributed by atoms with Crippen molar-refractivity contribution in [3.63, 3.8) is 0 Å². The average molecular weight is 230 g/mol. The van der Waals surface area contributed by atoms with Gasteiger partial charge in [-0.3, -0.25) is 4.79 Å². The summed E-state index contributed by atoms with van der Waals surface area (Å²) in [5, 5.41) is 2.84. The Labute approximate surface area is 94.6 Å². The molecule has 4 nitrogen and oxygen atoms in total. The fraction of sp³-hybridized carbons (Fsp3) is 0.600. The van der Waals surface area contributed by atoms with Gasteiger partial charge in [-0.2, -0.15) is 0 Å². The van der Waals surface area contributed by atoms with Gasteiger partial charge in [0, 0.05) is 25.2 Å². The molecule has 0 bridgehead atoms. The van der Waals surface area contributed by atoms with Crippen molar-refractivity contribution < 1.29 is 4.79 Å². The zero-order chi connectivity index (χ0) is 11.3. The highest BCUT2D eigenvalue weighted by molar-refractivity contribution is 6.16. The predicted molar refractivity (Wildman–Crippen MR) is 59.7 cm³/mol. The quantitative estimate of drug-likeness (QED) is 0.779. The van der Waals surface area contributed by atoms with Crippen LogP contribution in [0.2, 0.25) is 0 Å². The molecular formula is C10H16ClN3O. The third-order valence-corrected chi connectivity index (χ3v) is 2.24. The first-order valence-electron chi connectivity index (χ1n) is 4.97. The molecule has 0 aromatic carbocycles. The van der Waals surface area contributed by atoms with Crippen molar-refractivity contribution in [2.75, 3.05) is 0 Å². The zero-order valence-electron chi connectivity index (χ0n) is 9.03. The molecule has 1 aromatic rings. The molecule has 0 aliphatic rings. The lowest BCUT2D eigenvalue weighted by Crippen LogP contribution is -2.30. The van der Waals surface area contributed by atoms with Crippen molar-refractivity contribution in [3.05, 3.63) is 18.2 Å². The normalized spacial score (nSPS) is 10.7. The fourth-order valence-electron chi connectivity index (χ4n) is 1.28. The monoisotopic (exact) mass is 229 g/mol. The van der Waals surface area contributed by atoms with Gasteiger partial charge in [-0.05, 0) is 13.8 Å². The number of nitrogens with one attached hydrogen (secondary N) is 1. The maximum Gasteiger partial charge on any atom is 0.221 e. The van der Waals surface area contributed by atoms with E-state index in [9.17, 15) is 4.79 Å². The molecule has 0 spiro atoms. The number of imidazole rings is 1. The molecule has 0 saturated carbocycles. The topological polar surface area (TPSA) is 46.9 Å². The van der Waals surface area contributed by atoms with E-state index >= 15 is 0 Å². The first-order chi connectivity index (χ1) is 7.13. The number of halogens is 1. The van der Waals surface area contributed by atoms with Crippen molar-refractivity contribution in [2.24, 2.45) is 0 Å². The van der Waals surface area contributed by atoms with Crippen LogP contribution in [0.4, 0.5) is 0 Å². The largest absolute Gasteiger partial charge is 0.354 e. The number of carbonyl (C=O) groups is 1. The van der Waals surface area contributed by atoms with Gasteiger partial charge in [0.1, 0.15) is 0 Å². The van der Waals surface area contributed by atoms with Crippen molar-refractivity contribution in [3.8, 4) is 0 Å². The van der Waals surface area contributed by atoms with Crippen LogP contribution < -0.4 is 5.32 Å². The van der Waals surface area contributed by atoms with Gasteiger partial charge in [0.2, 0.25) is 5.91 Å². The lowest BCUT2D eigenvalue weighted by Gasteiger charge is -2.09. The standard InChI is InChI=1S/C10H16ClN3O/c1-8(2)13-10(15)3-4-14-7-12-6-9(14)5-11/h6-8H,3-5H2,1-2H3,(H,13,15). The Hall–Kier alpha value is -1.03. The molecule has 0 atom stereocenters. The lowest BCUT2D eigenvalue weighted by molar-refractivity contribution is -0.121. The summed E-state index contributed by atoms with van der Waals surface area (Å²) in [6, 6.07) is 0.188. The second-order valence-electron chi connectivity index (χ2n) is 3.68. The Morgan fingerprint density at radius 1 is 1.67 bits per heavy atom. The van der Waals surface area contributed by atoms with Crippen molar-refractivity contribution >= 4 is 17.5 Å². The molecule has 0 aliphatic heterocycles. The van der Waals surface area contributed by atoms with Crippen LogP contribution in [0.5, 0.6) is 0 Å². The minimum absolute atomic E-state index is 0.0548. The molecule has 0 unspecified atom stereocenters. The van der Waals surface area contributed by atoms with Gasteiger partial charge in [0.15, 0.2) is 0 Å². The van der Waals surface area contributed by atoms with Crippen LogP contribution in [0, 0.1) is 0 Å². The van der Waals surface area contributed by atoms with Crippen LogP contribution in [0.3, 0.4) is 0 Å². The van der Waals surface area contributed by atoms with Crippen LogP contribution in [-0.2, 0) is 17.2 Å². The van der Waals surface area contributed by atoms with Crippen LogP contribution >= 0.6 is 11.6 Å². The van der Waals surface area contributed by atoms with Crippen LogP contribution in [0.15, 0.2) is 12.5 Å². The summed E-state index contributed by atoms with van der Waals surface area (Å²) in [5.41, 5.74) is 0.939. The van der Waals surface area contributed by atoms with E-state index in [4.69, 9.17) is 11.6 Å². The molecule has 0 aliphatic carbocycles. The number of nitrogens with zero attached hydrogens (tertiary/aromatic N) is 2. The number of aryl methyl sites for hydroxylation is 1. The van der Waals surface area contributed by atoms with Gasteiger partial charge in [0.25, 0.3) is 0 Å². The second kappa shape index (κ2) is 5.75. The number of carbonyl (C=O) groups excluding carboxylic acids is 1. The summed E-state index contributed by atoms with van der Waals surface area (Å²) < 4.78 is 1.90. The predicted octanol–water partition coefficient (Wildman–Crippen LogP) is 1.54. The molecule has 5 heteroatoms. The highest BCUT2D eigenvalue weighted by Gasteiger charge is 2.05. The Bertz CT molecular complexity index is 322. The number of rotatable bonds is 5. The van der Waals surface area contributed by atoms with E-state index in [1.165, 1.54) is 0 Å². The molecule has 15 heavy (non-hydrogen) atoms. The minimum Gasteiger partial charge on any atom is -0.354 e. The average Bonchev–Trinajstić information content (AvgIpc) is 2.60. The Morgan fingerprint density at radius 3 is 3.00 bits per heavy atom. The SMILES string of the molecule is CC(C)NC(=O)CCn1cncc1CCl. The van der Waals surface area contributed by atoms with Crippen LogP contribution in [0.1, 0.15) is 26.0 Å². The second-order valence-corrected chi connectivity index (χ2v) is 3.95. The highest BCUT2D eigenvalue weighted by Crippen LogP contribution is 2.04. The molecule has 84 valence electrons. The van der Waals surface area contributed by atoms with E-state index in [2.05, 4.69) is 10.3 Å². The van der Waals surface area contributed by atoms with Crippen LogP contribution in [0.25, 0.3) is 0 Å². The summed E-state index contributed by atoms with van der Waals surface area (Å²) in [7, 11) is 0. The molecule has 1 aromatic heterocycles. The number of aromatic nitrogens is 2. The van der Waals surface area contributed by atoms with Crippen molar-refractivity contribution in [2.45, 2.75) is 38.7 Å². The molecule has 0 saturated heterocycles. The van der Waals surface area contributed by atoms with Crippen molar-refractivity contribution in [1.29, 1.82) is 0 Å². The van der Waals surface area contributed by atoms with Crippen LogP contribution in [-0.4, -0.2) is 21.5 Å². The first kappa shape index (κ1) is 12.0. The highest BCUT2D eigenvalue weighted by atomic mass is 35.5. The minimum atomic E-state index is 0.0548.